The molecular formula is C29H34N6O6S2. The fourth-order valence-corrected chi connectivity index (χ4v) is 6.05. The molecule has 0 bridgehead atoms. The number of sulfone groups is 1. The number of carbonyl (C=O) groups excluding carboxylic acids is 2. The summed E-state index contributed by atoms with van der Waals surface area (Å²) in [5.74, 6) is -1.60. The number of carbonyl (C=O) groups is 2. The second-order valence-electron chi connectivity index (χ2n) is 10.1. The molecule has 6 N–H and O–H groups in total. The van der Waals surface area contributed by atoms with Gasteiger partial charge in [0.15, 0.2) is 0 Å². The molecule has 0 saturated carbocycles. The number of nitrogen functional groups attached to an aromatic ring is 1. The van der Waals surface area contributed by atoms with E-state index < -0.39 is 45.4 Å². The summed E-state index contributed by atoms with van der Waals surface area (Å²) in [5.41, 5.74) is 6.60. The molecule has 0 spiro atoms. The highest BCUT2D eigenvalue weighted by molar-refractivity contribution is 7.90. The smallest absolute Gasteiger partial charge is 0.239 e. The molecule has 2 atom stereocenters. The van der Waals surface area contributed by atoms with Gasteiger partial charge in [0.05, 0.1) is 42.5 Å². The molecule has 14 heteroatoms. The van der Waals surface area contributed by atoms with Crippen LogP contribution in [0.15, 0.2) is 60.7 Å². The van der Waals surface area contributed by atoms with Crippen LogP contribution in [0, 0.1) is 27.4 Å². The van der Waals surface area contributed by atoms with Crippen molar-refractivity contribution in [2.75, 3.05) is 32.2 Å². The Morgan fingerprint density at radius 3 is 2.44 bits per heavy atom. The van der Waals surface area contributed by atoms with Crippen LogP contribution >= 0.6 is 11.3 Å². The van der Waals surface area contributed by atoms with Crippen molar-refractivity contribution in [1.29, 1.82) is 10.7 Å². The zero-order valence-corrected chi connectivity index (χ0v) is 25.4. The van der Waals surface area contributed by atoms with Gasteiger partial charge in [-0.05, 0) is 47.7 Å². The molecule has 0 fully saturated rings. The van der Waals surface area contributed by atoms with Crippen LogP contribution in [0.1, 0.15) is 27.3 Å². The van der Waals surface area contributed by atoms with Crippen LogP contribution in [-0.4, -0.2) is 58.3 Å². The highest BCUT2D eigenvalue weighted by atomic mass is 32.2. The number of quaternary nitrogens is 1. The summed E-state index contributed by atoms with van der Waals surface area (Å²) in [6, 6.07) is 19.8. The highest BCUT2D eigenvalue weighted by Gasteiger charge is 2.42. The molecule has 12 nitrogen and oxygen atoms in total. The van der Waals surface area contributed by atoms with Gasteiger partial charge in [-0.15, -0.1) is 11.3 Å². The Morgan fingerprint density at radius 2 is 1.84 bits per heavy atom. The molecule has 2 amide bonds. The Balaban J connectivity index is 1.82. The molecule has 0 aliphatic carbocycles. The van der Waals surface area contributed by atoms with Crippen LogP contribution in [0.4, 0.5) is 0 Å². The zero-order chi connectivity index (χ0) is 31.6. The summed E-state index contributed by atoms with van der Waals surface area (Å²) in [6.45, 7) is -0.653. The molecule has 1 aromatic heterocycles. The van der Waals surface area contributed by atoms with Gasteiger partial charge in [0.2, 0.25) is 11.8 Å². The molecule has 3 aromatic rings. The van der Waals surface area contributed by atoms with E-state index >= 15 is 0 Å². The van der Waals surface area contributed by atoms with Gasteiger partial charge >= 0.3 is 0 Å². The Bertz CT molecular complexity index is 1600. The van der Waals surface area contributed by atoms with Gasteiger partial charge in [0.1, 0.15) is 27.6 Å². The number of amides is 2. The van der Waals surface area contributed by atoms with Crippen molar-refractivity contribution in [3.8, 4) is 17.2 Å². The predicted molar refractivity (Wildman–Crippen MR) is 163 cm³/mol. The quantitative estimate of drug-likeness (QED) is 0.0930. The summed E-state index contributed by atoms with van der Waals surface area (Å²) >= 11 is 1.26. The lowest BCUT2D eigenvalue weighted by Gasteiger charge is -2.35. The second kappa shape index (κ2) is 14.9. The fraction of sp³-hybridized carbons (Fsp3) is 0.310. The Kier molecular flexibility index (Phi) is 11.5. The number of rotatable bonds is 15. The number of hydrogen-bond acceptors (Lipinski definition) is 9. The molecule has 2 unspecified atom stereocenters. The first kappa shape index (κ1) is 33.4. The van der Waals surface area contributed by atoms with Gasteiger partial charge in [-0.2, -0.15) is 5.26 Å². The van der Waals surface area contributed by atoms with Crippen LogP contribution in [0.25, 0.3) is 11.1 Å². The average molecular weight is 627 g/mol. The topological polar surface area (TPSA) is 203 Å². The molecule has 0 saturated heterocycles. The third kappa shape index (κ3) is 9.70. The number of thiophene rings is 1. The van der Waals surface area contributed by atoms with Crippen molar-refractivity contribution in [3.05, 3.63) is 86.8 Å². The van der Waals surface area contributed by atoms with E-state index in [-0.39, 0.29) is 31.0 Å². The molecule has 0 aliphatic rings. The van der Waals surface area contributed by atoms with E-state index in [0.717, 1.165) is 22.3 Å². The summed E-state index contributed by atoms with van der Waals surface area (Å²) in [7, 11) is -2.34. The molecule has 43 heavy (non-hydrogen) atoms. The lowest BCUT2D eigenvalue weighted by Crippen LogP contribution is -3.07. The highest BCUT2D eigenvalue weighted by Crippen LogP contribution is 2.30. The monoisotopic (exact) mass is 626 g/mol. The number of benzene rings is 2. The third-order valence-corrected chi connectivity index (χ3v) is 8.86. The van der Waals surface area contributed by atoms with Crippen molar-refractivity contribution in [1.82, 2.24) is 10.6 Å². The number of nitrogens with zero attached hydrogens (tertiary/aromatic N) is 1. The van der Waals surface area contributed by atoms with E-state index in [1.54, 1.807) is 48.5 Å². The van der Waals surface area contributed by atoms with Gasteiger partial charge in [0, 0.05) is 11.1 Å². The summed E-state index contributed by atoms with van der Waals surface area (Å²) in [6.07, 6.45) is 0.857. The number of hydrogen-bond donors (Lipinski definition) is 5. The van der Waals surface area contributed by atoms with Crippen LogP contribution in [-0.2, 0) is 37.2 Å². The average Bonchev–Trinajstić information content (AvgIpc) is 3.47. The van der Waals surface area contributed by atoms with Crippen LogP contribution in [0.3, 0.4) is 0 Å². The van der Waals surface area contributed by atoms with E-state index in [0.29, 0.717) is 16.0 Å². The van der Waals surface area contributed by atoms with Crippen molar-refractivity contribution < 1.29 is 28.1 Å². The molecule has 228 valence electrons. The maximum atomic E-state index is 13.7. The minimum Gasteiger partial charge on any atom is -0.600 e. The SMILES string of the molecule is CO[NH+]([O-])CC(CCS(C)(=O)=O)(Cc1ccc(-c2ccccc2C#N)cc1)C(=O)NCC(=O)NCc1ccc(C(=N)N)s1. The van der Waals surface area contributed by atoms with Crippen LogP contribution < -0.4 is 21.6 Å². The fourth-order valence-electron chi connectivity index (χ4n) is 4.48. The van der Waals surface area contributed by atoms with Crippen LogP contribution in [0.2, 0.25) is 0 Å². The maximum Gasteiger partial charge on any atom is 0.239 e. The summed E-state index contributed by atoms with van der Waals surface area (Å²) in [5, 5.41) is 34.0. The van der Waals surface area contributed by atoms with Crippen molar-refractivity contribution in [2.45, 2.75) is 19.4 Å². The van der Waals surface area contributed by atoms with Crippen molar-refractivity contribution in [3.63, 3.8) is 0 Å². The first-order valence-electron chi connectivity index (χ1n) is 13.2. The number of nitriles is 1. The minimum absolute atomic E-state index is 0.00569. The standard InChI is InChI=1S/C29H34N6O6S2/c1-41-35(38)19-29(13-14-43(2,39)40,15-20-7-9-21(10-8-20)24-6-4-3-5-22(24)16-30)28(37)34-18-26(36)33-17-23-11-12-25(42-23)27(31)32/h3-12,35H,13-15,17-19H2,1-2H3,(H3,31,32)(H,33,36)(H,34,37). The zero-order valence-electron chi connectivity index (χ0n) is 23.8. The summed E-state index contributed by atoms with van der Waals surface area (Å²) < 4.78 is 24.3. The van der Waals surface area contributed by atoms with Crippen LogP contribution in [0.5, 0.6) is 0 Å². The normalized spacial score (nSPS) is 13.3. The number of hydroxylamine groups is 2. The molecule has 2 aromatic carbocycles. The van der Waals surface area contributed by atoms with Gasteiger partial charge in [-0.3, -0.25) is 15.0 Å². The first-order valence-corrected chi connectivity index (χ1v) is 16.0. The molecule has 1 heterocycles. The van der Waals surface area contributed by atoms with E-state index in [1.165, 1.54) is 18.4 Å². The minimum atomic E-state index is -3.52. The Labute approximate surface area is 254 Å². The van der Waals surface area contributed by atoms with Crippen molar-refractivity contribution in [2.24, 2.45) is 11.1 Å². The number of nitrogens with two attached hydrogens (primary N) is 1. The van der Waals surface area contributed by atoms with E-state index in [2.05, 4.69) is 16.7 Å². The lowest BCUT2D eigenvalue weighted by molar-refractivity contribution is -1.05. The Hall–Kier alpha value is -4.13. The second-order valence-corrected chi connectivity index (χ2v) is 13.5. The van der Waals surface area contributed by atoms with E-state index in [1.807, 2.05) is 12.1 Å². The number of nitrogens with one attached hydrogen (secondary N) is 4. The van der Waals surface area contributed by atoms with E-state index in [9.17, 15) is 28.5 Å². The number of amidine groups is 1. The van der Waals surface area contributed by atoms with Gasteiger partial charge in [-0.1, -0.05) is 42.5 Å². The summed E-state index contributed by atoms with van der Waals surface area (Å²) in [4.78, 5) is 32.5. The maximum absolute atomic E-state index is 13.7. The molecule has 0 radical (unpaired) electrons. The lowest BCUT2D eigenvalue weighted by atomic mass is 9.77. The van der Waals surface area contributed by atoms with E-state index in [4.69, 9.17) is 16.0 Å². The Morgan fingerprint density at radius 1 is 1.14 bits per heavy atom. The predicted octanol–water partition coefficient (Wildman–Crippen LogP) is 0.911. The van der Waals surface area contributed by atoms with Gasteiger partial charge in [-0.25, -0.2) is 18.5 Å². The molecule has 0 aliphatic heterocycles. The molecule has 3 rings (SSSR count). The third-order valence-electron chi connectivity index (χ3n) is 6.79. The van der Waals surface area contributed by atoms with Gasteiger partial charge in [0.25, 0.3) is 0 Å². The van der Waals surface area contributed by atoms with Crippen molar-refractivity contribution >= 4 is 38.8 Å². The first-order chi connectivity index (χ1) is 20.4. The molecular weight excluding hydrogens is 592 g/mol. The van der Waals surface area contributed by atoms with Gasteiger partial charge < -0.3 is 21.6 Å². The largest absolute Gasteiger partial charge is 0.600 e.